The Morgan fingerprint density at radius 1 is 1.19 bits per heavy atom. The van der Waals surface area contributed by atoms with E-state index >= 15 is 0 Å². The van der Waals surface area contributed by atoms with Gasteiger partial charge in [0.2, 0.25) is 5.78 Å². The molecule has 1 aliphatic rings. The number of amides is 1. The maximum absolute atomic E-state index is 13.6. The number of para-hydroxylation sites is 2. The smallest absolute Gasteiger partial charge is 0.296 e. The molecule has 3 heterocycles. The molecule has 0 aliphatic carbocycles. The molecule has 1 aliphatic heterocycles. The van der Waals surface area contributed by atoms with Crippen LogP contribution < -0.4 is 9.64 Å². The Morgan fingerprint density at radius 2 is 1.94 bits per heavy atom. The number of hydrogen-bond donors (Lipinski definition) is 1. The van der Waals surface area contributed by atoms with Crippen LogP contribution in [0.5, 0.6) is 5.75 Å². The number of thiazole rings is 1. The van der Waals surface area contributed by atoms with Gasteiger partial charge >= 0.3 is 0 Å². The number of benzene rings is 2. The molecular weight excluding hydrogens is 428 g/mol. The molecule has 4 aromatic rings. The third-order valence-corrected chi connectivity index (χ3v) is 6.31. The lowest BCUT2D eigenvalue weighted by Crippen LogP contribution is -2.31. The zero-order chi connectivity index (χ0) is 22.4. The summed E-state index contributed by atoms with van der Waals surface area (Å²) >= 11 is 1.26. The number of aliphatic hydroxyl groups excluding tert-OH is 1. The Kier molecular flexibility index (Phi) is 4.79. The molecule has 32 heavy (non-hydrogen) atoms. The minimum Gasteiger partial charge on any atom is -0.503 e. The van der Waals surface area contributed by atoms with Crippen molar-refractivity contribution in [1.82, 2.24) is 4.98 Å². The number of fused-ring (bicyclic) bond motifs is 1. The first kappa shape index (κ1) is 20.0. The van der Waals surface area contributed by atoms with Gasteiger partial charge in [-0.05, 0) is 25.1 Å². The fraction of sp³-hybridized carbons (Fsp3) is 0.125. The first-order chi connectivity index (χ1) is 15.5. The van der Waals surface area contributed by atoms with Crippen molar-refractivity contribution in [3.8, 4) is 5.75 Å². The van der Waals surface area contributed by atoms with Crippen LogP contribution in [0.15, 0.2) is 75.7 Å². The summed E-state index contributed by atoms with van der Waals surface area (Å²) in [6.07, 6.45) is 0. The molecule has 0 saturated heterocycles. The van der Waals surface area contributed by atoms with Gasteiger partial charge in [0.25, 0.3) is 5.91 Å². The lowest BCUT2D eigenvalue weighted by molar-refractivity contribution is -0.117. The van der Waals surface area contributed by atoms with Gasteiger partial charge < -0.3 is 14.3 Å². The molecule has 1 unspecified atom stereocenters. The quantitative estimate of drug-likeness (QED) is 0.434. The Labute approximate surface area is 187 Å². The highest BCUT2D eigenvalue weighted by molar-refractivity contribution is 7.14. The third-order valence-electron chi connectivity index (χ3n) is 5.35. The number of ketones is 1. The van der Waals surface area contributed by atoms with Crippen LogP contribution in [0.4, 0.5) is 5.13 Å². The molecule has 2 aromatic heterocycles. The van der Waals surface area contributed by atoms with Crippen LogP contribution in [0.1, 0.15) is 27.9 Å². The maximum atomic E-state index is 13.6. The zero-order valence-electron chi connectivity index (χ0n) is 17.2. The van der Waals surface area contributed by atoms with E-state index in [1.54, 1.807) is 47.8 Å². The molecule has 0 saturated carbocycles. The van der Waals surface area contributed by atoms with Gasteiger partial charge in [-0.2, -0.15) is 0 Å². The lowest BCUT2D eigenvalue weighted by atomic mass is 9.94. The van der Waals surface area contributed by atoms with Crippen molar-refractivity contribution in [3.63, 3.8) is 0 Å². The number of carbonyl (C=O) groups excluding carboxylic acids is 2. The van der Waals surface area contributed by atoms with E-state index in [0.717, 1.165) is 11.1 Å². The number of furan rings is 1. The Bertz CT molecular complexity index is 1370. The molecule has 0 bridgehead atoms. The minimum absolute atomic E-state index is 0.0395. The molecule has 2 aromatic carbocycles. The number of aromatic nitrogens is 1. The fourth-order valence-corrected chi connectivity index (χ4v) is 4.73. The van der Waals surface area contributed by atoms with E-state index in [1.165, 1.54) is 23.3 Å². The van der Waals surface area contributed by atoms with Gasteiger partial charge in [0.05, 0.1) is 18.4 Å². The molecule has 8 heteroatoms. The first-order valence-electron chi connectivity index (χ1n) is 9.84. The third kappa shape index (κ3) is 3.07. The summed E-state index contributed by atoms with van der Waals surface area (Å²) in [5.74, 6) is -1.38. The number of ether oxygens (including phenoxy) is 1. The van der Waals surface area contributed by atoms with Gasteiger partial charge in [-0.3, -0.25) is 14.5 Å². The molecule has 1 N–H and O–H groups in total. The van der Waals surface area contributed by atoms with Gasteiger partial charge in [-0.15, -0.1) is 11.3 Å². The van der Waals surface area contributed by atoms with Crippen molar-refractivity contribution in [3.05, 3.63) is 88.3 Å². The standard InChI is InChI=1S/C24H18N2O5S/c1-13-12-32-24(25-13)26-20(15-8-4-6-10-17(15)30-2)19(22(28)23(26)29)21(27)18-11-14-7-3-5-9-16(14)31-18/h3-12,20,28H,1-2H3. The van der Waals surface area contributed by atoms with Gasteiger partial charge in [0.15, 0.2) is 16.7 Å². The molecule has 0 spiro atoms. The normalized spacial score (nSPS) is 16.2. The number of aliphatic hydroxyl groups is 1. The molecular formula is C24H18N2O5S. The van der Waals surface area contributed by atoms with Crippen LogP contribution in [0.25, 0.3) is 11.0 Å². The summed E-state index contributed by atoms with van der Waals surface area (Å²) in [6.45, 7) is 1.81. The highest BCUT2D eigenvalue weighted by Gasteiger charge is 2.47. The van der Waals surface area contributed by atoms with E-state index in [1.807, 2.05) is 19.1 Å². The van der Waals surface area contributed by atoms with Crippen molar-refractivity contribution in [2.75, 3.05) is 12.0 Å². The topological polar surface area (TPSA) is 92.9 Å². The van der Waals surface area contributed by atoms with Crippen LogP contribution >= 0.6 is 11.3 Å². The van der Waals surface area contributed by atoms with E-state index in [0.29, 0.717) is 22.0 Å². The highest BCUT2D eigenvalue weighted by Crippen LogP contribution is 2.45. The highest BCUT2D eigenvalue weighted by atomic mass is 32.1. The molecule has 1 amide bonds. The minimum atomic E-state index is -0.926. The van der Waals surface area contributed by atoms with E-state index < -0.39 is 23.5 Å². The predicted octanol–water partition coefficient (Wildman–Crippen LogP) is 4.99. The number of aryl methyl sites for hydroxylation is 1. The monoisotopic (exact) mass is 446 g/mol. The molecule has 7 nitrogen and oxygen atoms in total. The van der Waals surface area contributed by atoms with Crippen LogP contribution in [-0.2, 0) is 4.79 Å². The van der Waals surface area contributed by atoms with Gasteiger partial charge in [-0.25, -0.2) is 4.98 Å². The van der Waals surface area contributed by atoms with Crippen molar-refractivity contribution in [2.45, 2.75) is 13.0 Å². The summed E-state index contributed by atoms with van der Waals surface area (Å²) in [5.41, 5.74) is 1.75. The zero-order valence-corrected chi connectivity index (χ0v) is 18.1. The molecule has 160 valence electrons. The SMILES string of the molecule is COc1ccccc1C1C(C(=O)c2cc3ccccc3o2)=C(O)C(=O)N1c1nc(C)cs1. The number of carbonyl (C=O) groups is 2. The van der Waals surface area contributed by atoms with Crippen molar-refractivity contribution in [1.29, 1.82) is 0 Å². The van der Waals surface area contributed by atoms with Gasteiger partial charge in [-0.1, -0.05) is 36.4 Å². The van der Waals surface area contributed by atoms with E-state index in [-0.39, 0.29) is 11.3 Å². The van der Waals surface area contributed by atoms with E-state index in [4.69, 9.17) is 9.15 Å². The summed E-state index contributed by atoms with van der Waals surface area (Å²) in [7, 11) is 1.51. The molecule has 0 fully saturated rings. The second-order valence-corrected chi connectivity index (χ2v) is 8.17. The van der Waals surface area contributed by atoms with Gasteiger partial charge in [0.1, 0.15) is 17.4 Å². The van der Waals surface area contributed by atoms with Crippen LogP contribution in [0, 0.1) is 6.92 Å². The van der Waals surface area contributed by atoms with Crippen LogP contribution in [0.3, 0.4) is 0 Å². The van der Waals surface area contributed by atoms with Crippen molar-refractivity contribution in [2.24, 2.45) is 0 Å². The van der Waals surface area contributed by atoms with Crippen molar-refractivity contribution >= 4 is 39.1 Å². The Morgan fingerprint density at radius 3 is 2.66 bits per heavy atom. The van der Waals surface area contributed by atoms with Crippen molar-refractivity contribution < 1.29 is 23.8 Å². The van der Waals surface area contributed by atoms with Crippen LogP contribution in [-0.4, -0.2) is 28.9 Å². The van der Waals surface area contributed by atoms with Gasteiger partial charge in [0, 0.05) is 16.3 Å². The molecule has 5 rings (SSSR count). The second kappa shape index (κ2) is 7.65. The van der Waals surface area contributed by atoms with E-state index in [2.05, 4.69) is 4.98 Å². The van der Waals surface area contributed by atoms with E-state index in [9.17, 15) is 14.7 Å². The number of methoxy groups -OCH3 is 1. The molecule has 0 radical (unpaired) electrons. The Hall–Kier alpha value is -3.91. The van der Waals surface area contributed by atoms with Crippen LogP contribution in [0.2, 0.25) is 0 Å². The number of Topliss-reactive ketones (excluding diaryl/α,β-unsaturated/α-hetero) is 1. The average molecular weight is 446 g/mol. The number of rotatable bonds is 5. The fourth-order valence-electron chi connectivity index (χ4n) is 3.90. The summed E-state index contributed by atoms with van der Waals surface area (Å²) < 4.78 is 11.2. The molecule has 1 atom stereocenters. The number of nitrogens with zero attached hydrogens (tertiary/aromatic N) is 2. The summed E-state index contributed by atoms with van der Waals surface area (Å²) in [6, 6.07) is 15.0. The number of anilines is 1. The maximum Gasteiger partial charge on any atom is 0.296 e. The number of hydrogen-bond acceptors (Lipinski definition) is 7. The Balaban J connectivity index is 1.69. The predicted molar refractivity (Wildman–Crippen MR) is 120 cm³/mol. The summed E-state index contributed by atoms with van der Waals surface area (Å²) in [4.78, 5) is 32.5. The second-order valence-electron chi connectivity index (χ2n) is 7.33. The largest absolute Gasteiger partial charge is 0.503 e. The lowest BCUT2D eigenvalue weighted by Gasteiger charge is -2.25. The summed E-state index contributed by atoms with van der Waals surface area (Å²) in [5, 5.41) is 13.8. The average Bonchev–Trinajstić information content (AvgIpc) is 3.49. The first-order valence-corrected chi connectivity index (χ1v) is 10.7.